The third-order valence-corrected chi connectivity index (χ3v) is 4.36. The van der Waals surface area contributed by atoms with Gasteiger partial charge in [-0.05, 0) is 37.4 Å². The molecule has 1 aromatic carbocycles. The van der Waals surface area contributed by atoms with Gasteiger partial charge in [-0.3, -0.25) is 4.90 Å². The molecule has 3 nitrogen and oxygen atoms in total. The fraction of sp³-hybridized carbons (Fsp3) is 0.600. The summed E-state index contributed by atoms with van der Waals surface area (Å²) >= 11 is 3.61. The Labute approximate surface area is 124 Å². The van der Waals surface area contributed by atoms with E-state index in [0.29, 0.717) is 6.10 Å². The fourth-order valence-electron chi connectivity index (χ4n) is 2.43. The molecule has 0 aromatic heterocycles. The Kier molecular flexibility index (Phi) is 6.31. The highest BCUT2D eigenvalue weighted by Crippen LogP contribution is 2.21. The zero-order valence-corrected chi connectivity index (χ0v) is 12.9. The van der Waals surface area contributed by atoms with E-state index in [-0.39, 0.29) is 0 Å². The zero-order chi connectivity index (χ0) is 13.5. The summed E-state index contributed by atoms with van der Waals surface area (Å²) in [5.41, 5.74) is 6.84. The third-order valence-electron chi connectivity index (χ3n) is 3.59. The molecule has 4 heteroatoms. The van der Waals surface area contributed by atoms with E-state index >= 15 is 0 Å². The Morgan fingerprint density at radius 1 is 1.26 bits per heavy atom. The molecule has 0 bridgehead atoms. The predicted octanol–water partition coefficient (Wildman–Crippen LogP) is 2.78. The molecule has 0 aliphatic carbocycles. The lowest BCUT2D eigenvalue weighted by Gasteiger charge is -2.32. The lowest BCUT2D eigenvalue weighted by molar-refractivity contribution is 0.00560. The Hall–Kier alpha value is -0.420. The van der Waals surface area contributed by atoms with Gasteiger partial charge in [-0.15, -0.1) is 0 Å². The molecule has 19 heavy (non-hydrogen) atoms. The normalized spacial score (nSPS) is 17.8. The highest BCUT2D eigenvalue weighted by molar-refractivity contribution is 9.10. The number of hydrogen-bond donors (Lipinski definition) is 1. The van der Waals surface area contributed by atoms with Gasteiger partial charge in [-0.1, -0.05) is 34.1 Å². The highest BCUT2D eigenvalue weighted by Gasteiger charge is 2.19. The predicted molar refractivity (Wildman–Crippen MR) is 82.1 cm³/mol. The van der Waals surface area contributed by atoms with Crippen LogP contribution < -0.4 is 5.73 Å². The van der Waals surface area contributed by atoms with Crippen molar-refractivity contribution in [2.75, 3.05) is 26.2 Å². The Balaban J connectivity index is 1.73. The Bertz CT molecular complexity index is 378. The number of ether oxygens (including phenoxy) is 1. The first-order valence-corrected chi connectivity index (χ1v) is 7.86. The van der Waals surface area contributed by atoms with Crippen molar-refractivity contribution >= 4 is 15.9 Å². The van der Waals surface area contributed by atoms with E-state index < -0.39 is 0 Å². The maximum atomic E-state index is 5.83. The molecule has 1 saturated heterocycles. The largest absolute Gasteiger partial charge is 0.378 e. The van der Waals surface area contributed by atoms with Crippen LogP contribution in [0.25, 0.3) is 0 Å². The molecule has 106 valence electrons. The lowest BCUT2D eigenvalue weighted by atomic mass is 10.1. The number of nitrogens with zero attached hydrogens (tertiary/aromatic N) is 1. The molecule has 0 radical (unpaired) electrons. The molecule has 0 amide bonds. The van der Waals surface area contributed by atoms with Gasteiger partial charge in [-0.25, -0.2) is 0 Å². The minimum Gasteiger partial charge on any atom is -0.378 e. The van der Waals surface area contributed by atoms with Crippen LogP contribution in [0, 0.1) is 0 Å². The maximum absolute atomic E-state index is 5.83. The minimum absolute atomic E-state index is 0.432. The number of halogens is 1. The van der Waals surface area contributed by atoms with Crippen LogP contribution in [0.1, 0.15) is 24.8 Å². The van der Waals surface area contributed by atoms with Gasteiger partial charge >= 0.3 is 0 Å². The summed E-state index contributed by atoms with van der Waals surface area (Å²) < 4.78 is 7.03. The number of piperidine rings is 1. The van der Waals surface area contributed by atoms with Crippen molar-refractivity contribution in [3.63, 3.8) is 0 Å². The van der Waals surface area contributed by atoms with Crippen LogP contribution in [0.2, 0.25) is 0 Å². The summed E-state index contributed by atoms with van der Waals surface area (Å²) in [6.07, 6.45) is 3.67. The number of rotatable bonds is 6. The molecule has 1 aliphatic heterocycles. The van der Waals surface area contributed by atoms with Crippen molar-refractivity contribution in [1.29, 1.82) is 0 Å². The lowest BCUT2D eigenvalue weighted by Crippen LogP contribution is -2.36. The smallest absolute Gasteiger partial charge is 0.0599 e. The van der Waals surface area contributed by atoms with Gasteiger partial charge in [0.05, 0.1) is 6.10 Å². The van der Waals surface area contributed by atoms with Crippen LogP contribution in [0.15, 0.2) is 28.7 Å². The fourth-order valence-corrected chi connectivity index (χ4v) is 2.85. The number of likely N-dealkylation sites (tertiary alicyclic amines) is 1. The van der Waals surface area contributed by atoms with Crippen LogP contribution in [-0.2, 0) is 11.3 Å². The van der Waals surface area contributed by atoms with Crippen LogP contribution in [0.3, 0.4) is 0 Å². The van der Waals surface area contributed by atoms with Crippen molar-refractivity contribution in [3.8, 4) is 0 Å². The first-order valence-electron chi connectivity index (χ1n) is 7.07. The minimum atomic E-state index is 0.432. The molecular formula is C15H23BrN2O. The second-order valence-electron chi connectivity index (χ2n) is 5.08. The third kappa shape index (κ3) is 4.88. The van der Waals surface area contributed by atoms with Crippen molar-refractivity contribution < 1.29 is 4.74 Å². The molecule has 2 N–H and O–H groups in total. The van der Waals surface area contributed by atoms with Crippen molar-refractivity contribution in [2.24, 2.45) is 5.73 Å². The SMILES string of the molecule is NCCCOC1CCN(Cc2ccccc2Br)CC1. The van der Waals surface area contributed by atoms with Gasteiger partial charge in [0.1, 0.15) is 0 Å². The van der Waals surface area contributed by atoms with E-state index in [4.69, 9.17) is 10.5 Å². The molecule has 0 spiro atoms. The van der Waals surface area contributed by atoms with Crippen LogP contribution in [-0.4, -0.2) is 37.2 Å². The number of hydrogen-bond acceptors (Lipinski definition) is 3. The maximum Gasteiger partial charge on any atom is 0.0599 e. The van der Waals surface area contributed by atoms with Gasteiger partial charge in [-0.2, -0.15) is 0 Å². The second-order valence-corrected chi connectivity index (χ2v) is 5.93. The van der Waals surface area contributed by atoms with E-state index in [9.17, 15) is 0 Å². The number of benzene rings is 1. The summed E-state index contributed by atoms with van der Waals surface area (Å²) in [7, 11) is 0. The van der Waals surface area contributed by atoms with Crippen LogP contribution >= 0.6 is 15.9 Å². The van der Waals surface area contributed by atoms with E-state index in [2.05, 4.69) is 45.1 Å². The summed E-state index contributed by atoms with van der Waals surface area (Å²) in [5, 5.41) is 0. The topological polar surface area (TPSA) is 38.5 Å². The van der Waals surface area contributed by atoms with Crippen LogP contribution in [0.4, 0.5) is 0 Å². The van der Waals surface area contributed by atoms with E-state index in [1.165, 1.54) is 10.0 Å². The van der Waals surface area contributed by atoms with Crippen LogP contribution in [0.5, 0.6) is 0 Å². The average molecular weight is 327 g/mol. The van der Waals surface area contributed by atoms with Gasteiger partial charge in [0, 0.05) is 30.7 Å². The molecule has 2 rings (SSSR count). The molecule has 1 aliphatic rings. The van der Waals surface area contributed by atoms with Gasteiger partial charge in [0.2, 0.25) is 0 Å². The first kappa shape index (κ1) is 15.0. The zero-order valence-electron chi connectivity index (χ0n) is 11.4. The Morgan fingerprint density at radius 2 is 2.00 bits per heavy atom. The van der Waals surface area contributed by atoms with Crippen molar-refractivity contribution in [3.05, 3.63) is 34.3 Å². The van der Waals surface area contributed by atoms with E-state index in [0.717, 1.165) is 52.0 Å². The van der Waals surface area contributed by atoms with Gasteiger partial charge in [0.25, 0.3) is 0 Å². The molecule has 1 fully saturated rings. The van der Waals surface area contributed by atoms with Crippen molar-refractivity contribution in [2.45, 2.75) is 31.9 Å². The van der Waals surface area contributed by atoms with E-state index in [1.54, 1.807) is 0 Å². The van der Waals surface area contributed by atoms with E-state index in [1.807, 2.05) is 0 Å². The second kappa shape index (κ2) is 8.00. The summed E-state index contributed by atoms with van der Waals surface area (Å²) in [6.45, 7) is 4.80. The van der Waals surface area contributed by atoms with Crippen molar-refractivity contribution in [1.82, 2.24) is 4.90 Å². The molecular weight excluding hydrogens is 304 g/mol. The first-order chi connectivity index (χ1) is 9.29. The monoisotopic (exact) mass is 326 g/mol. The van der Waals surface area contributed by atoms with Gasteiger partial charge < -0.3 is 10.5 Å². The summed E-state index contributed by atoms with van der Waals surface area (Å²) in [4.78, 5) is 2.50. The quantitative estimate of drug-likeness (QED) is 0.817. The average Bonchev–Trinajstić information content (AvgIpc) is 2.44. The summed E-state index contributed by atoms with van der Waals surface area (Å²) in [6, 6.07) is 8.46. The standard InChI is InChI=1S/C15H23BrN2O/c16-15-5-2-1-4-13(15)12-18-9-6-14(7-10-18)19-11-3-8-17/h1-2,4-5,14H,3,6-12,17H2. The molecule has 0 unspecified atom stereocenters. The molecule has 1 heterocycles. The van der Waals surface area contributed by atoms with Gasteiger partial charge in [0.15, 0.2) is 0 Å². The molecule has 0 saturated carbocycles. The summed E-state index contributed by atoms with van der Waals surface area (Å²) in [5.74, 6) is 0. The Morgan fingerprint density at radius 3 is 2.68 bits per heavy atom. The number of nitrogens with two attached hydrogens (primary N) is 1. The molecule has 1 aromatic rings. The molecule has 0 atom stereocenters. The highest BCUT2D eigenvalue weighted by atomic mass is 79.9.